The third-order valence-electron chi connectivity index (χ3n) is 5.54. The first-order valence-corrected chi connectivity index (χ1v) is 9.78. The smallest absolute Gasteiger partial charge is 0.322 e. The lowest BCUT2D eigenvalue weighted by Gasteiger charge is -2.22. The second-order valence-electron chi connectivity index (χ2n) is 7.57. The number of ether oxygens (including phenoxy) is 1. The van der Waals surface area contributed by atoms with Gasteiger partial charge < -0.3 is 19.5 Å². The Morgan fingerprint density at radius 1 is 1.18 bits per heavy atom. The fourth-order valence-electron chi connectivity index (χ4n) is 3.99. The molecule has 1 aliphatic heterocycles. The Kier molecular flexibility index (Phi) is 5.09. The van der Waals surface area contributed by atoms with Crippen molar-refractivity contribution in [3.8, 4) is 0 Å². The second kappa shape index (κ2) is 7.68. The highest BCUT2D eigenvalue weighted by molar-refractivity contribution is 5.92. The third-order valence-corrected chi connectivity index (χ3v) is 5.54. The number of anilines is 1. The number of aromatic nitrogens is 1. The number of hydrogen-bond acceptors (Lipinski definition) is 2. The number of methoxy groups -OCH3 is 1. The summed E-state index contributed by atoms with van der Waals surface area (Å²) in [6.07, 6.45) is 3.08. The highest BCUT2D eigenvalue weighted by atomic mass is 16.5. The van der Waals surface area contributed by atoms with E-state index in [0.29, 0.717) is 19.7 Å². The summed E-state index contributed by atoms with van der Waals surface area (Å²) in [5.74, 6) is 0. The molecule has 0 spiro atoms. The number of amides is 2. The summed E-state index contributed by atoms with van der Waals surface area (Å²) in [5, 5.41) is 4.40. The summed E-state index contributed by atoms with van der Waals surface area (Å²) in [7, 11) is 1.73. The van der Waals surface area contributed by atoms with Crippen LogP contribution in [0.5, 0.6) is 0 Å². The first kappa shape index (κ1) is 18.6. The molecular formula is C23H27N3O2. The van der Waals surface area contributed by atoms with Crippen molar-refractivity contribution < 1.29 is 9.53 Å². The average molecular weight is 377 g/mol. The number of carbonyl (C=O) groups excluding carboxylic acids is 1. The van der Waals surface area contributed by atoms with E-state index in [0.717, 1.165) is 29.8 Å². The Morgan fingerprint density at radius 2 is 2.04 bits per heavy atom. The molecule has 1 aromatic heterocycles. The van der Waals surface area contributed by atoms with Crippen LogP contribution in [0.4, 0.5) is 10.5 Å². The first-order chi connectivity index (χ1) is 13.6. The van der Waals surface area contributed by atoms with Crippen molar-refractivity contribution in [2.75, 3.05) is 25.6 Å². The third kappa shape index (κ3) is 3.50. The molecule has 28 heavy (non-hydrogen) atoms. The van der Waals surface area contributed by atoms with Gasteiger partial charge in [-0.05, 0) is 54.7 Å². The van der Waals surface area contributed by atoms with E-state index in [1.54, 1.807) is 7.11 Å². The van der Waals surface area contributed by atoms with Gasteiger partial charge >= 0.3 is 6.03 Å². The maximum Gasteiger partial charge on any atom is 0.322 e. The van der Waals surface area contributed by atoms with Gasteiger partial charge in [-0.15, -0.1) is 0 Å². The van der Waals surface area contributed by atoms with E-state index in [1.807, 2.05) is 30.9 Å². The number of rotatable bonds is 4. The zero-order valence-electron chi connectivity index (χ0n) is 16.8. The highest BCUT2D eigenvalue weighted by Crippen LogP contribution is 2.30. The number of nitrogens with zero attached hydrogens (tertiary/aromatic N) is 2. The van der Waals surface area contributed by atoms with Crippen molar-refractivity contribution >= 4 is 22.6 Å². The van der Waals surface area contributed by atoms with Crippen molar-refractivity contribution in [1.29, 1.82) is 0 Å². The van der Waals surface area contributed by atoms with Crippen LogP contribution < -0.4 is 5.32 Å². The summed E-state index contributed by atoms with van der Waals surface area (Å²) in [5.41, 5.74) is 6.84. The molecule has 2 heterocycles. The molecule has 2 aromatic carbocycles. The van der Waals surface area contributed by atoms with Gasteiger partial charge in [-0.25, -0.2) is 4.79 Å². The fourth-order valence-corrected chi connectivity index (χ4v) is 3.99. The maximum atomic E-state index is 13.0. The van der Waals surface area contributed by atoms with Crippen molar-refractivity contribution in [2.24, 2.45) is 0 Å². The van der Waals surface area contributed by atoms with Gasteiger partial charge in [0.05, 0.1) is 6.61 Å². The van der Waals surface area contributed by atoms with Crippen LogP contribution in [0.3, 0.4) is 0 Å². The van der Waals surface area contributed by atoms with Crippen molar-refractivity contribution in [2.45, 2.75) is 33.4 Å². The van der Waals surface area contributed by atoms with Gasteiger partial charge in [0, 0.05) is 49.5 Å². The first-order valence-electron chi connectivity index (χ1n) is 9.78. The number of urea groups is 1. The molecule has 5 heteroatoms. The Bertz CT molecular complexity index is 1020. The number of carbonyl (C=O) groups is 1. The fraction of sp³-hybridized carbons (Fsp3) is 0.348. The SMILES string of the molecule is COCCn1cc2c3c(cccc31)CN(C(=O)Nc1cc(C)ccc1C)CC2. The molecule has 1 aliphatic rings. The lowest BCUT2D eigenvalue weighted by Crippen LogP contribution is -2.35. The quantitative estimate of drug-likeness (QED) is 0.728. The van der Waals surface area contributed by atoms with E-state index in [4.69, 9.17) is 4.74 Å². The molecule has 2 amide bonds. The number of nitrogens with one attached hydrogen (secondary N) is 1. The molecule has 1 N–H and O–H groups in total. The lowest BCUT2D eigenvalue weighted by molar-refractivity contribution is 0.188. The van der Waals surface area contributed by atoms with Crippen LogP contribution >= 0.6 is 0 Å². The molecule has 5 nitrogen and oxygen atoms in total. The van der Waals surface area contributed by atoms with Crippen LogP contribution in [0, 0.1) is 13.8 Å². The van der Waals surface area contributed by atoms with Crippen LogP contribution in [0.25, 0.3) is 10.9 Å². The Morgan fingerprint density at radius 3 is 2.86 bits per heavy atom. The normalized spacial score (nSPS) is 13.6. The molecule has 0 fully saturated rings. The summed E-state index contributed by atoms with van der Waals surface area (Å²) >= 11 is 0. The predicted molar refractivity (Wildman–Crippen MR) is 113 cm³/mol. The van der Waals surface area contributed by atoms with Crippen LogP contribution in [-0.2, 0) is 24.2 Å². The van der Waals surface area contributed by atoms with Crippen molar-refractivity contribution in [3.05, 3.63) is 64.8 Å². The number of hydrogen-bond donors (Lipinski definition) is 1. The van der Waals surface area contributed by atoms with Gasteiger partial charge in [0.1, 0.15) is 0 Å². The summed E-state index contributed by atoms with van der Waals surface area (Å²) < 4.78 is 7.52. The molecule has 0 aliphatic carbocycles. The van der Waals surface area contributed by atoms with Crippen LogP contribution in [0.1, 0.15) is 22.3 Å². The van der Waals surface area contributed by atoms with Crippen molar-refractivity contribution in [3.63, 3.8) is 0 Å². The lowest BCUT2D eigenvalue weighted by atomic mass is 10.1. The molecule has 0 bridgehead atoms. The van der Waals surface area contributed by atoms with Crippen LogP contribution in [-0.4, -0.2) is 35.8 Å². The van der Waals surface area contributed by atoms with E-state index >= 15 is 0 Å². The zero-order chi connectivity index (χ0) is 19.7. The summed E-state index contributed by atoms with van der Waals surface area (Å²) in [6.45, 7) is 6.92. The minimum Gasteiger partial charge on any atom is -0.383 e. The Labute approximate surface area is 165 Å². The molecule has 0 saturated heterocycles. The Balaban J connectivity index is 1.59. The second-order valence-corrected chi connectivity index (χ2v) is 7.57. The largest absolute Gasteiger partial charge is 0.383 e. The van der Waals surface area contributed by atoms with Gasteiger partial charge in [-0.1, -0.05) is 24.3 Å². The van der Waals surface area contributed by atoms with Gasteiger partial charge in [-0.2, -0.15) is 0 Å². The van der Waals surface area contributed by atoms with Crippen molar-refractivity contribution in [1.82, 2.24) is 9.47 Å². The topological polar surface area (TPSA) is 46.5 Å². The Hall–Kier alpha value is -2.79. The standard InChI is InChI=1S/C23H27N3O2/c1-16-7-8-17(2)20(13-16)24-23(27)26-10-9-19-14-25(11-12-28-3)21-6-4-5-18(15-26)22(19)21/h4-8,13-14H,9-12,15H2,1-3H3,(H,24,27). The molecule has 3 aromatic rings. The number of aryl methyl sites for hydroxylation is 2. The van der Waals surface area contributed by atoms with Gasteiger partial charge in [0.2, 0.25) is 0 Å². The highest BCUT2D eigenvalue weighted by Gasteiger charge is 2.22. The molecule has 0 unspecified atom stereocenters. The van der Waals surface area contributed by atoms with Crippen LogP contribution in [0.2, 0.25) is 0 Å². The summed E-state index contributed by atoms with van der Waals surface area (Å²) in [6, 6.07) is 12.5. The maximum absolute atomic E-state index is 13.0. The van der Waals surface area contributed by atoms with E-state index < -0.39 is 0 Å². The average Bonchev–Trinajstić information content (AvgIpc) is 2.93. The molecule has 0 atom stereocenters. The minimum atomic E-state index is -0.0388. The molecule has 0 saturated carbocycles. The minimum absolute atomic E-state index is 0.0388. The monoisotopic (exact) mass is 377 g/mol. The van der Waals surface area contributed by atoms with E-state index in [2.05, 4.69) is 40.3 Å². The molecular weight excluding hydrogens is 350 g/mol. The van der Waals surface area contributed by atoms with E-state index in [-0.39, 0.29) is 6.03 Å². The molecule has 0 radical (unpaired) electrons. The van der Waals surface area contributed by atoms with E-state index in [1.165, 1.54) is 22.0 Å². The van der Waals surface area contributed by atoms with Crippen LogP contribution in [0.15, 0.2) is 42.6 Å². The summed E-state index contributed by atoms with van der Waals surface area (Å²) in [4.78, 5) is 14.9. The predicted octanol–water partition coefficient (Wildman–Crippen LogP) is 4.49. The van der Waals surface area contributed by atoms with Gasteiger partial charge in [-0.3, -0.25) is 0 Å². The van der Waals surface area contributed by atoms with Gasteiger partial charge in [0.25, 0.3) is 0 Å². The molecule has 4 rings (SSSR count). The van der Waals surface area contributed by atoms with E-state index in [9.17, 15) is 4.79 Å². The zero-order valence-corrected chi connectivity index (χ0v) is 16.8. The number of benzene rings is 2. The van der Waals surface area contributed by atoms with Gasteiger partial charge in [0.15, 0.2) is 0 Å². The molecule has 146 valence electrons.